The van der Waals surface area contributed by atoms with Crippen molar-refractivity contribution < 1.29 is 13.0 Å². The highest BCUT2D eigenvalue weighted by Gasteiger charge is 2.15. The molecule has 118 valence electrons. The van der Waals surface area contributed by atoms with Gasteiger partial charge in [-0.15, -0.1) is 12.4 Å². The first-order chi connectivity index (χ1) is 8.48. The van der Waals surface area contributed by atoms with E-state index < -0.39 is 15.4 Å². The monoisotopic (exact) mass is 315 g/mol. The molecule has 0 aliphatic rings. The Morgan fingerprint density at radius 2 is 1.26 bits per heavy atom. The van der Waals surface area contributed by atoms with Crippen molar-refractivity contribution in [2.24, 2.45) is 5.73 Å². The van der Waals surface area contributed by atoms with E-state index in [1.807, 2.05) is 0 Å². The summed E-state index contributed by atoms with van der Waals surface area (Å²) in [6.07, 6.45) is 11.1. The second-order valence-electron chi connectivity index (χ2n) is 5.08. The topological polar surface area (TPSA) is 80.4 Å². The molecule has 4 nitrogen and oxygen atoms in total. The van der Waals surface area contributed by atoms with Gasteiger partial charge in [-0.05, 0) is 26.3 Å². The highest BCUT2D eigenvalue weighted by Crippen LogP contribution is 2.13. The Balaban J connectivity index is 0. The standard InChI is InChI=1S/C13H29NO3S.ClH/c1-13(18(15,16)17)11-9-7-5-3-2-4-6-8-10-12-14;/h13H,2-12,14H2,1H3,(H,15,16,17);1H. The molecule has 6 heteroatoms. The summed E-state index contributed by atoms with van der Waals surface area (Å²) in [5, 5.41) is -0.617. The maximum absolute atomic E-state index is 10.8. The average molecular weight is 316 g/mol. The molecule has 0 rings (SSSR count). The Kier molecular flexibility index (Phi) is 14.9. The van der Waals surface area contributed by atoms with E-state index in [2.05, 4.69) is 0 Å². The Hall–Kier alpha value is 0.160. The van der Waals surface area contributed by atoms with Crippen molar-refractivity contribution in [3.8, 4) is 0 Å². The van der Waals surface area contributed by atoms with Crippen LogP contribution in [0.1, 0.15) is 71.1 Å². The molecule has 19 heavy (non-hydrogen) atoms. The van der Waals surface area contributed by atoms with Gasteiger partial charge in [-0.3, -0.25) is 4.55 Å². The fraction of sp³-hybridized carbons (Fsp3) is 1.00. The van der Waals surface area contributed by atoms with Crippen molar-refractivity contribution in [1.82, 2.24) is 0 Å². The summed E-state index contributed by atoms with van der Waals surface area (Å²) in [5.41, 5.74) is 5.42. The molecule has 0 aliphatic heterocycles. The zero-order valence-electron chi connectivity index (χ0n) is 12.0. The van der Waals surface area contributed by atoms with Crippen molar-refractivity contribution in [2.45, 2.75) is 76.4 Å². The SMILES string of the molecule is CC(CCCCCCCCCCCN)S(=O)(=O)O.Cl. The lowest BCUT2D eigenvalue weighted by Gasteiger charge is -2.07. The third-order valence-electron chi connectivity index (χ3n) is 3.32. The summed E-state index contributed by atoms with van der Waals surface area (Å²) >= 11 is 0. The number of unbranched alkanes of at least 4 members (excludes halogenated alkanes) is 8. The number of halogens is 1. The number of rotatable bonds is 12. The van der Waals surface area contributed by atoms with E-state index >= 15 is 0 Å². The highest BCUT2D eigenvalue weighted by atomic mass is 35.5. The van der Waals surface area contributed by atoms with Crippen LogP contribution in [0, 0.1) is 0 Å². The molecule has 1 atom stereocenters. The molecule has 1 unspecified atom stereocenters. The predicted octanol–water partition coefficient (Wildman–Crippen LogP) is 3.54. The first-order valence-corrected chi connectivity index (χ1v) is 8.65. The van der Waals surface area contributed by atoms with Crippen molar-refractivity contribution in [1.29, 1.82) is 0 Å². The molecule has 0 bridgehead atoms. The third kappa shape index (κ3) is 14.4. The zero-order chi connectivity index (χ0) is 13.9. The molecule has 0 fully saturated rings. The Morgan fingerprint density at radius 1 is 0.895 bits per heavy atom. The zero-order valence-corrected chi connectivity index (χ0v) is 13.6. The van der Waals surface area contributed by atoms with Gasteiger partial charge in [0.25, 0.3) is 10.1 Å². The van der Waals surface area contributed by atoms with Gasteiger partial charge in [0.1, 0.15) is 0 Å². The Labute approximate surface area is 124 Å². The van der Waals surface area contributed by atoms with Gasteiger partial charge < -0.3 is 5.73 Å². The predicted molar refractivity (Wildman–Crippen MR) is 83.5 cm³/mol. The Bertz CT molecular complexity index is 284. The third-order valence-corrected chi connectivity index (χ3v) is 4.58. The maximum Gasteiger partial charge on any atom is 0.267 e. The van der Waals surface area contributed by atoms with Gasteiger partial charge in [-0.25, -0.2) is 0 Å². The van der Waals surface area contributed by atoms with E-state index in [9.17, 15) is 8.42 Å². The van der Waals surface area contributed by atoms with Crippen LogP contribution in [-0.2, 0) is 10.1 Å². The summed E-state index contributed by atoms with van der Waals surface area (Å²) in [7, 11) is -3.82. The molecule has 0 saturated carbocycles. The van der Waals surface area contributed by atoms with E-state index in [1.54, 1.807) is 6.92 Å². The van der Waals surface area contributed by atoms with E-state index in [4.69, 9.17) is 10.3 Å². The summed E-state index contributed by atoms with van der Waals surface area (Å²) in [6, 6.07) is 0. The molecule has 0 spiro atoms. The number of hydrogen-bond acceptors (Lipinski definition) is 3. The molecule has 0 radical (unpaired) electrons. The summed E-state index contributed by atoms with van der Waals surface area (Å²) < 4.78 is 30.3. The van der Waals surface area contributed by atoms with Crippen molar-refractivity contribution >= 4 is 22.5 Å². The molecule has 0 aliphatic carbocycles. The lowest BCUT2D eigenvalue weighted by Crippen LogP contribution is -2.16. The van der Waals surface area contributed by atoms with E-state index in [0.717, 1.165) is 32.2 Å². The van der Waals surface area contributed by atoms with Crippen molar-refractivity contribution in [3.63, 3.8) is 0 Å². The molecular weight excluding hydrogens is 286 g/mol. The van der Waals surface area contributed by atoms with Crippen LogP contribution in [0.25, 0.3) is 0 Å². The maximum atomic E-state index is 10.8. The molecular formula is C13H30ClNO3S. The fourth-order valence-electron chi connectivity index (χ4n) is 1.96. The highest BCUT2D eigenvalue weighted by molar-refractivity contribution is 7.86. The van der Waals surface area contributed by atoms with Crippen molar-refractivity contribution in [2.75, 3.05) is 6.54 Å². The van der Waals surface area contributed by atoms with Crippen LogP contribution in [0.15, 0.2) is 0 Å². The van der Waals surface area contributed by atoms with E-state index in [1.165, 1.54) is 32.1 Å². The van der Waals surface area contributed by atoms with Gasteiger partial charge in [-0.2, -0.15) is 8.42 Å². The second kappa shape index (κ2) is 13.2. The largest absolute Gasteiger partial charge is 0.330 e. The van der Waals surface area contributed by atoms with Gasteiger partial charge in [0, 0.05) is 0 Å². The van der Waals surface area contributed by atoms with Gasteiger partial charge in [0.15, 0.2) is 0 Å². The van der Waals surface area contributed by atoms with E-state index in [0.29, 0.717) is 6.42 Å². The van der Waals surface area contributed by atoms with Crippen molar-refractivity contribution in [3.05, 3.63) is 0 Å². The molecule has 0 saturated heterocycles. The molecule has 0 aromatic carbocycles. The number of hydrogen-bond donors (Lipinski definition) is 2. The van der Waals surface area contributed by atoms with Crippen LogP contribution < -0.4 is 5.73 Å². The first kappa shape index (κ1) is 21.5. The van der Waals surface area contributed by atoms with Crippen LogP contribution in [0.2, 0.25) is 0 Å². The fourth-order valence-corrected chi connectivity index (χ4v) is 2.43. The smallest absolute Gasteiger partial charge is 0.267 e. The summed E-state index contributed by atoms with van der Waals surface area (Å²) in [4.78, 5) is 0. The summed E-state index contributed by atoms with van der Waals surface area (Å²) in [5.74, 6) is 0. The molecule has 0 heterocycles. The lowest BCUT2D eigenvalue weighted by atomic mass is 10.1. The van der Waals surface area contributed by atoms with Gasteiger partial charge in [0.05, 0.1) is 5.25 Å². The Morgan fingerprint density at radius 3 is 1.63 bits per heavy atom. The first-order valence-electron chi connectivity index (χ1n) is 7.15. The van der Waals surface area contributed by atoms with Crippen LogP contribution in [0.4, 0.5) is 0 Å². The molecule has 0 aromatic heterocycles. The van der Waals surface area contributed by atoms with Gasteiger partial charge in [0.2, 0.25) is 0 Å². The van der Waals surface area contributed by atoms with Crippen LogP contribution >= 0.6 is 12.4 Å². The van der Waals surface area contributed by atoms with E-state index in [-0.39, 0.29) is 12.4 Å². The van der Waals surface area contributed by atoms with Gasteiger partial charge in [-0.1, -0.05) is 51.4 Å². The minimum Gasteiger partial charge on any atom is -0.330 e. The number of nitrogens with two attached hydrogens (primary N) is 1. The lowest BCUT2D eigenvalue weighted by molar-refractivity contribution is 0.461. The molecule has 0 amide bonds. The van der Waals surface area contributed by atoms with Crippen LogP contribution in [0.5, 0.6) is 0 Å². The normalized spacial score (nSPS) is 13.0. The van der Waals surface area contributed by atoms with Crippen LogP contribution in [0.3, 0.4) is 0 Å². The minimum absolute atomic E-state index is 0. The minimum atomic E-state index is -3.82. The quantitative estimate of drug-likeness (QED) is 0.426. The average Bonchev–Trinajstić information content (AvgIpc) is 2.30. The second-order valence-corrected chi connectivity index (χ2v) is 6.92. The van der Waals surface area contributed by atoms with Crippen LogP contribution in [-0.4, -0.2) is 24.8 Å². The molecule has 0 aromatic rings. The van der Waals surface area contributed by atoms with Gasteiger partial charge >= 0.3 is 0 Å². The molecule has 3 N–H and O–H groups in total. The summed E-state index contributed by atoms with van der Waals surface area (Å²) in [6.45, 7) is 2.36.